The Hall–Kier alpha value is -2.76. The third kappa shape index (κ3) is 3.05. The van der Waals surface area contributed by atoms with Gasteiger partial charge in [0.2, 0.25) is 0 Å². The van der Waals surface area contributed by atoms with Gasteiger partial charge in [-0.1, -0.05) is 0 Å². The molecule has 2 aromatic rings. The molecule has 6 nitrogen and oxygen atoms in total. The van der Waals surface area contributed by atoms with Gasteiger partial charge in [-0.05, 0) is 12.1 Å². The summed E-state index contributed by atoms with van der Waals surface area (Å²) in [7, 11) is 0. The lowest BCUT2D eigenvalue weighted by Gasteiger charge is -2.10. The second-order valence-corrected chi connectivity index (χ2v) is 4.61. The molecule has 0 atom stereocenters. The minimum atomic E-state index is -0.287. The molecule has 108 valence electrons. The van der Waals surface area contributed by atoms with Crippen LogP contribution < -0.4 is 19.5 Å². The van der Waals surface area contributed by atoms with E-state index in [0.717, 1.165) is 6.42 Å². The molecule has 1 aliphatic rings. The summed E-state index contributed by atoms with van der Waals surface area (Å²) in [6.07, 6.45) is 3.39. The number of nitrogens with zero attached hydrogens (tertiary/aromatic N) is 1. The molecule has 0 unspecified atom stereocenters. The van der Waals surface area contributed by atoms with Crippen molar-refractivity contribution in [2.24, 2.45) is 0 Å². The van der Waals surface area contributed by atoms with E-state index < -0.39 is 0 Å². The Morgan fingerprint density at radius 3 is 2.57 bits per heavy atom. The molecule has 0 spiro atoms. The zero-order valence-corrected chi connectivity index (χ0v) is 11.2. The van der Waals surface area contributed by atoms with Crippen molar-refractivity contribution in [3.05, 3.63) is 53.5 Å². The zero-order valence-electron chi connectivity index (χ0n) is 11.2. The number of aromatic nitrogens is 1. The lowest BCUT2D eigenvalue weighted by molar-refractivity contribution is -0.605. The van der Waals surface area contributed by atoms with Crippen molar-refractivity contribution in [2.75, 3.05) is 18.5 Å². The fourth-order valence-electron chi connectivity index (χ4n) is 2.01. The van der Waals surface area contributed by atoms with Crippen LogP contribution in [0.4, 0.5) is 5.69 Å². The standard InChI is InChI=1S/C15H14N2O4/c18-15(11-4-6-17(19)7-5-11)16-12-2-3-13-14(10-12)21-9-1-8-20-13/h2-7,10H,1,8-9H2,(H,16,18). The highest BCUT2D eigenvalue weighted by Crippen LogP contribution is 2.32. The molecule has 1 amide bonds. The molecule has 21 heavy (non-hydrogen) atoms. The third-order valence-corrected chi connectivity index (χ3v) is 3.07. The number of amides is 1. The predicted octanol–water partition coefficient (Wildman–Crippen LogP) is 1.73. The Labute approximate surface area is 121 Å². The summed E-state index contributed by atoms with van der Waals surface area (Å²) in [4.78, 5) is 12.1. The van der Waals surface area contributed by atoms with Gasteiger partial charge in [0, 0.05) is 30.3 Å². The maximum atomic E-state index is 12.1. The summed E-state index contributed by atoms with van der Waals surface area (Å²) in [5, 5.41) is 13.7. The van der Waals surface area contributed by atoms with Crippen molar-refractivity contribution in [3.8, 4) is 11.5 Å². The summed E-state index contributed by atoms with van der Waals surface area (Å²) in [5.41, 5.74) is 1.03. The molecular weight excluding hydrogens is 272 g/mol. The van der Waals surface area contributed by atoms with Crippen molar-refractivity contribution < 1.29 is 19.0 Å². The first-order valence-electron chi connectivity index (χ1n) is 6.62. The van der Waals surface area contributed by atoms with Gasteiger partial charge in [-0.3, -0.25) is 4.79 Å². The zero-order chi connectivity index (χ0) is 14.7. The molecule has 1 N–H and O–H groups in total. The molecule has 3 rings (SSSR count). The highest BCUT2D eigenvalue weighted by atomic mass is 16.5. The highest BCUT2D eigenvalue weighted by Gasteiger charge is 2.13. The topological polar surface area (TPSA) is 74.5 Å². The molecule has 0 radical (unpaired) electrons. The van der Waals surface area contributed by atoms with E-state index in [4.69, 9.17) is 9.47 Å². The van der Waals surface area contributed by atoms with Crippen LogP contribution >= 0.6 is 0 Å². The quantitative estimate of drug-likeness (QED) is 0.674. The SMILES string of the molecule is O=C(Nc1ccc2c(c1)OCCCO2)c1cc[n+]([O-])cc1. The Morgan fingerprint density at radius 1 is 1.10 bits per heavy atom. The minimum absolute atomic E-state index is 0.287. The number of anilines is 1. The number of fused-ring (bicyclic) bond motifs is 1. The van der Waals surface area contributed by atoms with Gasteiger partial charge in [0.15, 0.2) is 23.9 Å². The second kappa shape index (κ2) is 5.70. The van der Waals surface area contributed by atoms with Gasteiger partial charge in [-0.2, -0.15) is 4.73 Å². The van der Waals surface area contributed by atoms with Gasteiger partial charge in [0.05, 0.1) is 18.8 Å². The van der Waals surface area contributed by atoms with E-state index in [1.165, 1.54) is 24.5 Å². The van der Waals surface area contributed by atoms with Crippen LogP contribution in [-0.2, 0) is 0 Å². The van der Waals surface area contributed by atoms with Crippen LogP contribution in [0, 0.1) is 5.21 Å². The maximum Gasteiger partial charge on any atom is 0.256 e. The van der Waals surface area contributed by atoms with Crippen LogP contribution in [-0.4, -0.2) is 19.1 Å². The molecular formula is C15H14N2O4. The number of carbonyl (C=O) groups is 1. The Balaban J connectivity index is 1.77. The fraction of sp³-hybridized carbons (Fsp3) is 0.200. The van der Waals surface area contributed by atoms with Crippen LogP contribution in [0.15, 0.2) is 42.7 Å². The molecule has 6 heteroatoms. The molecule has 1 aromatic carbocycles. The Kier molecular flexibility index (Phi) is 3.59. The molecule has 0 fully saturated rings. The smallest absolute Gasteiger partial charge is 0.256 e. The summed E-state index contributed by atoms with van der Waals surface area (Å²) in [6, 6.07) is 8.18. The number of pyridine rings is 1. The first-order chi connectivity index (χ1) is 10.2. The van der Waals surface area contributed by atoms with E-state index in [1.807, 2.05) is 0 Å². The molecule has 1 aromatic heterocycles. The average molecular weight is 286 g/mol. The lowest BCUT2D eigenvalue weighted by Crippen LogP contribution is -2.25. The average Bonchev–Trinajstić information content (AvgIpc) is 2.72. The van der Waals surface area contributed by atoms with Gasteiger partial charge in [-0.25, -0.2) is 0 Å². The van der Waals surface area contributed by atoms with Gasteiger partial charge in [0.1, 0.15) is 0 Å². The molecule has 2 heterocycles. The highest BCUT2D eigenvalue weighted by molar-refractivity contribution is 6.04. The van der Waals surface area contributed by atoms with Crippen LogP contribution in [0.25, 0.3) is 0 Å². The largest absolute Gasteiger partial charge is 0.619 e. The summed E-state index contributed by atoms with van der Waals surface area (Å²) >= 11 is 0. The summed E-state index contributed by atoms with van der Waals surface area (Å²) < 4.78 is 11.7. The molecule has 0 aliphatic carbocycles. The number of ether oxygens (including phenoxy) is 2. The van der Waals surface area contributed by atoms with Crippen LogP contribution in [0.3, 0.4) is 0 Å². The van der Waals surface area contributed by atoms with E-state index in [1.54, 1.807) is 18.2 Å². The van der Waals surface area contributed by atoms with Crippen LogP contribution in [0.5, 0.6) is 11.5 Å². The molecule has 0 saturated heterocycles. The van der Waals surface area contributed by atoms with Crippen molar-refractivity contribution in [2.45, 2.75) is 6.42 Å². The minimum Gasteiger partial charge on any atom is -0.619 e. The number of benzene rings is 1. The Bertz CT molecular complexity index is 655. The van der Waals surface area contributed by atoms with E-state index in [-0.39, 0.29) is 5.91 Å². The number of hydrogen-bond acceptors (Lipinski definition) is 4. The normalized spacial score (nSPS) is 13.3. The van der Waals surface area contributed by atoms with Gasteiger partial charge in [-0.15, -0.1) is 0 Å². The van der Waals surface area contributed by atoms with E-state index in [2.05, 4.69) is 5.32 Å². The van der Waals surface area contributed by atoms with Crippen molar-refractivity contribution in [3.63, 3.8) is 0 Å². The Morgan fingerprint density at radius 2 is 1.81 bits per heavy atom. The number of carbonyl (C=O) groups excluding carboxylic acids is 1. The number of hydrogen-bond donors (Lipinski definition) is 1. The van der Waals surface area contributed by atoms with E-state index in [0.29, 0.717) is 40.7 Å². The maximum absolute atomic E-state index is 12.1. The van der Waals surface area contributed by atoms with Crippen LogP contribution in [0.2, 0.25) is 0 Å². The van der Waals surface area contributed by atoms with Crippen molar-refractivity contribution in [1.82, 2.24) is 0 Å². The van der Waals surface area contributed by atoms with Gasteiger partial charge in [0.25, 0.3) is 5.91 Å². The fourth-order valence-corrected chi connectivity index (χ4v) is 2.01. The van der Waals surface area contributed by atoms with E-state index in [9.17, 15) is 10.0 Å². The molecule has 1 aliphatic heterocycles. The first kappa shape index (κ1) is 13.2. The number of rotatable bonds is 2. The molecule has 0 saturated carbocycles. The third-order valence-electron chi connectivity index (χ3n) is 3.07. The summed E-state index contributed by atoms with van der Waals surface area (Å²) in [5.74, 6) is 1.01. The number of nitrogens with one attached hydrogen (secondary N) is 1. The second-order valence-electron chi connectivity index (χ2n) is 4.61. The first-order valence-corrected chi connectivity index (χ1v) is 6.62. The predicted molar refractivity (Wildman–Crippen MR) is 75.4 cm³/mol. The molecule has 0 bridgehead atoms. The van der Waals surface area contributed by atoms with Crippen LogP contribution in [0.1, 0.15) is 16.8 Å². The van der Waals surface area contributed by atoms with Crippen molar-refractivity contribution >= 4 is 11.6 Å². The monoisotopic (exact) mass is 286 g/mol. The van der Waals surface area contributed by atoms with Crippen molar-refractivity contribution in [1.29, 1.82) is 0 Å². The lowest BCUT2D eigenvalue weighted by atomic mass is 10.2. The van der Waals surface area contributed by atoms with E-state index >= 15 is 0 Å². The van der Waals surface area contributed by atoms with Gasteiger partial charge < -0.3 is 20.0 Å². The summed E-state index contributed by atoms with van der Waals surface area (Å²) in [6.45, 7) is 1.21. The van der Waals surface area contributed by atoms with Gasteiger partial charge >= 0.3 is 0 Å².